The SMILES string of the molecule is N[C@@H](Cc1ccc(C(=O)c2ccccc2)cc1)C(=O)N1CCC(CCCC(=O)NO)CC1. The zero-order chi connectivity index (χ0) is 22.9. The van der Waals surface area contributed by atoms with Crippen LogP contribution < -0.4 is 11.2 Å². The third-order valence-corrected chi connectivity index (χ3v) is 6.09. The summed E-state index contributed by atoms with van der Waals surface area (Å²) in [6.45, 7) is 1.35. The lowest BCUT2D eigenvalue weighted by Gasteiger charge is -2.33. The van der Waals surface area contributed by atoms with Gasteiger partial charge in [0.2, 0.25) is 11.8 Å². The number of hydrogen-bond donors (Lipinski definition) is 3. The summed E-state index contributed by atoms with van der Waals surface area (Å²) in [6, 6.07) is 15.8. The summed E-state index contributed by atoms with van der Waals surface area (Å²) in [5.41, 5.74) is 10.0. The minimum Gasteiger partial charge on any atom is -0.341 e. The van der Waals surface area contributed by atoms with Gasteiger partial charge in [-0.1, -0.05) is 54.6 Å². The monoisotopic (exact) mass is 437 g/mol. The van der Waals surface area contributed by atoms with E-state index in [1.165, 1.54) is 0 Å². The van der Waals surface area contributed by atoms with Crippen molar-refractivity contribution in [1.82, 2.24) is 10.4 Å². The number of ketones is 1. The number of carbonyl (C=O) groups is 3. The Hall–Kier alpha value is -3.03. The topological polar surface area (TPSA) is 113 Å². The maximum atomic E-state index is 12.8. The first-order valence-corrected chi connectivity index (χ1v) is 11.1. The van der Waals surface area contributed by atoms with Gasteiger partial charge in [-0.05, 0) is 43.6 Å². The number of nitrogens with one attached hydrogen (secondary N) is 1. The molecule has 32 heavy (non-hydrogen) atoms. The molecule has 0 bridgehead atoms. The Balaban J connectivity index is 1.45. The van der Waals surface area contributed by atoms with E-state index in [-0.39, 0.29) is 17.6 Å². The zero-order valence-electron chi connectivity index (χ0n) is 18.2. The van der Waals surface area contributed by atoms with Crippen molar-refractivity contribution in [2.75, 3.05) is 13.1 Å². The Bertz CT molecular complexity index is 907. The van der Waals surface area contributed by atoms with Crippen LogP contribution in [0.3, 0.4) is 0 Å². The summed E-state index contributed by atoms with van der Waals surface area (Å²) < 4.78 is 0. The minimum absolute atomic E-state index is 0.0302. The maximum absolute atomic E-state index is 12.8. The number of hydrogen-bond acceptors (Lipinski definition) is 5. The van der Waals surface area contributed by atoms with E-state index in [4.69, 9.17) is 10.9 Å². The Morgan fingerprint density at radius 2 is 1.62 bits per heavy atom. The lowest BCUT2D eigenvalue weighted by Crippen LogP contribution is -2.48. The summed E-state index contributed by atoms with van der Waals surface area (Å²) in [6.07, 6.45) is 4.18. The van der Waals surface area contributed by atoms with E-state index < -0.39 is 6.04 Å². The predicted molar refractivity (Wildman–Crippen MR) is 121 cm³/mol. The molecule has 0 aromatic heterocycles. The number of rotatable bonds is 9. The van der Waals surface area contributed by atoms with Gasteiger partial charge in [0.25, 0.3) is 0 Å². The van der Waals surface area contributed by atoms with Crippen molar-refractivity contribution in [3.63, 3.8) is 0 Å². The molecule has 1 saturated heterocycles. The van der Waals surface area contributed by atoms with Gasteiger partial charge in [-0.25, -0.2) is 5.48 Å². The number of hydroxylamine groups is 1. The summed E-state index contributed by atoms with van der Waals surface area (Å²) in [7, 11) is 0. The van der Waals surface area contributed by atoms with Crippen LogP contribution in [0.5, 0.6) is 0 Å². The summed E-state index contributed by atoms with van der Waals surface area (Å²) in [5.74, 6) is 0.0439. The smallest absolute Gasteiger partial charge is 0.243 e. The fraction of sp³-hybridized carbons (Fsp3) is 0.400. The zero-order valence-corrected chi connectivity index (χ0v) is 18.2. The molecule has 0 saturated carbocycles. The molecule has 170 valence electrons. The van der Waals surface area contributed by atoms with Gasteiger partial charge < -0.3 is 10.6 Å². The fourth-order valence-electron chi connectivity index (χ4n) is 4.17. The molecule has 0 radical (unpaired) electrons. The van der Waals surface area contributed by atoms with Gasteiger partial charge in [-0.15, -0.1) is 0 Å². The third-order valence-electron chi connectivity index (χ3n) is 6.09. The van der Waals surface area contributed by atoms with E-state index in [1.807, 2.05) is 35.2 Å². The fourth-order valence-corrected chi connectivity index (χ4v) is 4.17. The standard InChI is InChI=1S/C25H31N3O4/c26-22(25(31)28-15-13-18(14-16-28)5-4-8-23(29)27-32)17-19-9-11-21(12-10-19)24(30)20-6-2-1-3-7-20/h1-3,6-7,9-12,18,22,32H,4-5,8,13-17,26H2,(H,27,29)/t22-/m0/s1. The van der Waals surface area contributed by atoms with E-state index in [9.17, 15) is 14.4 Å². The van der Waals surface area contributed by atoms with Crippen LogP contribution in [0.25, 0.3) is 0 Å². The lowest BCUT2D eigenvalue weighted by molar-refractivity contribution is -0.134. The van der Waals surface area contributed by atoms with Crippen LogP contribution in [-0.2, 0) is 16.0 Å². The predicted octanol–water partition coefficient (Wildman–Crippen LogP) is 2.70. The van der Waals surface area contributed by atoms with Crippen molar-refractivity contribution in [2.24, 2.45) is 11.7 Å². The molecule has 3 rings (SSSR count). The van der Waals surface area contributed by atoms with Gasteiger partial charge in [0.1, 0.15) is 0 Å². The highest BCUT2D eigenvalue weighted by atomic mass is 16.5. The van der Waals surface area contributed by atoms with Crippen LogP contribution >= 0.6 is 0 Å². The van der Waals surface area contributed by atoms with Crippen LogP contribution in [0.4, 0.5) is 0 Å². The van der Waals surface area contributed by atoms with Crippen LogP contribution in [0.2, 0.25) is 0 Å². The van der Waals surface area contributed by atoms with Gasteiger partial charge >= 0.3 is 0 Å². The Labute approximate surface area is 188 Å². The molecule has 2 aromatic carbocycles. The molecule has 1 atom stereocenters. The largest absolute Gasteiger partial charge is 0.341 e. The highest BCUT2D eigenvalue weighted by Crippen LogP contribution is 2.23. The van der Waals surface area contributed by atoms with Crippen molar-refractivity contribution in [3.05, 3.63) is 71.3 Å². The number of benzene rings is 2. The molecule has 7 heteroatoms. The molecule has 1 aliphatic heterocycles. The Morgan fingerprint density at radius 3 is 2.25 bits per heavy atom. The molecule has 2 amide bonds. The molecule has 1 aliphatic rings. The molecule has 0 spiro atoms. The average molecular weight is 438 g/mol. The van der Waals surface area contributed by atoms with Crippen molar-refractivity contribution in [3.8, 4) is 0 Å². The second kappa shape index (κ2) is 11.5. The van der Waals surface area contributed by atoms with Crippen LogP contribution in [0.15, 0.2) is 54.6 Å². The highest BCUT2D eigenvalue weighted by Gasteiger charge is 2.26. The van der Waals surface area contributed by atoms with Crippen molar-refractivity contribution < 1.29 is 19.6 Å². The molecule has 4 N–H and O–H groups in total. The Kier molecular flexibility index (Phi) is 8.53. The number of nitrogens with two attached hydrogens (primary N) is 1. The highest BCUT2D eigenvalue weighted by molar-refractivity contribution is 6.08. The van der Waals surface area contributed by atoms with Crippen LogP contribution in [0.1, 0.15) is 53.6 Å². The van der Waals surface area contributed by atoms with Gasteiger partial charge in [0.05, 0.1) is 6.04 Å². The minimum atomic E-state index is -0.615. The quantitative estimate of drug-likeness (QED) is 0.317. The Morgan fingerprint density at radius 1 is 1.00 bits per heavy atom. The molecule has 2 aromatic rings. The normalized spacial score (nSPS) is 15.2. The van der Waals surface area contributed by atoms with Gasteiger partial charge in [-0.3, -0.25) is 19.6 Å². The van der Waals surface area contributed by atoms with E-state index in [0.717, 1.165) is 31.2 Å². The van der Waals surface area contributed by atoms with Crippen LogP contribution in [0, 0.1) is 5.92 Å². The average Bonchev–Trinajstić information content (AvgIpc) is 2.84. The third kappa shape index (κ3) is 6.48. The summed E-state index contributed by atoms with van der Waals surface area (Å²) in [5, 5.41) is 8.54. The molecular weight excluding hydrogens is 406 g/mol. The molecule has 0 unspecified atom stereocenters. The number of nitrogens with zero attached hydrogens (tertiary/aromatic N) is 1. The molecule has 7 nitrogen and oxygen atoms in total. The second-order valence-corrected chi connectivity index (χ2v) is 8.40. The summed E-state index contributed by atoms with van der Waals surface area (Å²) in [4.78, 5) is 38.2. The van der Waals surface area contributed by atoms with E-state index in [0.29, 0.717) is 43.0 Å². The van der Waals surface area contributed by atoms with E-state index in [1.54, 1.807) is 29.7 Å². The van der Waals surface area contributed by atoms with Crippen molar-refractivity contribution >= 4 is 17.6 Å². The number of piperidine rings is 1. The van der Waals surface area contributed by atoms with Crippen LogP contribution in [-0.4, -0.2) is 46.8 Å². The first-order valence-electron chi connectivity index (χ1n) is 11.1. The molecule has 1 fully saturated rings. The van der Waals surface area contributed by atoms with Crippen molar-refractivity contribution in [2.45, 2.75) is 44.6 Å². The number of likely N-dealkylation sites (tertiary alicyclic amines) is 1. The van der Waals surface area contributed by atoms with Gasteiger partial charge in [0, 0.05) is 30.6 Å². The number of carbonyl (C=O) groups excluding carboxylic acids is 3. The number of amides is 2. The lowest BCUT2D eigenvalue weighted by atomic mass is 9.91. The maximum Gasteiger partial charge on any atom is 0.243 e. The van der Waals surface area contributed by atoms with E-state index >= 15 is 0 Å². The molecule has 1 heterocycles. The van der Waals surface area contributed by atoms with Gasteiger partial charge in [0.15, 0.2) is 5.78 Å². The van der Waals surface area contributed by atoms with Gasteiger partial charge in [-0.2, -0.15) is 0 Å². The second-order valence-electron chi connectivity index (χ2n) is 8.40. The summed E-state index contributed by atoms with van der Waals surface area (Å²) >= 11 is 0. The molecular formula is C25H31N3O4. The first kappa shape index (κ1) is 23.6. The molecule has 0 aliphatic carbocycles. The van der Waals surface area contributed by atoms with Crippen molar-refractivity contribution in [1.29, 1.82) is 0 Å². The first-order chi connectivity index (χ1) is 15.5. The van der Waals surface area contributed by atoms with E-state index in [2.05, 4.69) is 0 Å².